The zero-order valence-corrected chi connectivity index (χ0v) is 14.5. The number of nitrogens with zero attached hydrogens (tertiary/aromatic N) is 3. The van der Waals surface area contributed by atoms with Gasteiger partial charge in [0.05, 0.1) is 35.8 Å². The van der Waals surface area contributed by atoms with Crippen LogP contribution in [0.1, 0.15) is 26.3 Å². The van der Waals surface area contributed by atoms with Gasteiger partial charge in [0, 0.05) is 36.5 Å². The molecular formula is C19H17N3O5. The lowest BCUT2D eigenvalue weighted by Gasteiger charge is -2.31. The number of fused-ring (bicyclic) bond motifs is 1. The number of hydrogen-bond acceptors (Lipinski definition) is 6. The predicted octanol–water partition coefficient (Wildman–Crippen LogP) is 2.23. The van der Waals surface area contributed by atoms with Gasteiger partial charge in [-0.2, -0.15) is 0 Å². The molecule has 0 N–H and O–H groups in total. The number of benzene rings is 2. The third-order valence-electron chi connectivity index (χ3n) is 4.83. The number of nitro groups is 1. The number of imide groups is 1. The fraction of sp³-hybridized carbons (Fsp3) is 0.263. The van der Waals surface area contributed by atoms with E-state index in [1.807, 2.05) is 0 Å². The van der Waals surface area contributed by atoms with Crippen molar-refractivity contribution in [1.82, 2.24) is 4.90 Å². The topological polar surface area (TPSA) is 93.0 Å². The van der Waals surface area contributed by atoms with Crippen LogP contribution in [0.15, 0.2) is 42.5 Å². The molecule has 4 rings (SSSR count). The number of hydrogen-bond donors (Lipinski definition) is 0. The monoisotopic (exact) mass is 367 g/mol. The molecule has 0 spiro atoms. The van der Waals surface area contributed by atoms with E-state index in [4.69, 9.17) is 4.74 Å². The first-order valence-electron chi connectivity index (χ1n) is 8.61. The summed E-state index contributed by atoms with van der Waals surface area (Å²) in [5.41, 5.74) is 2.00. The Morgan fingerprint density at radius 1 is 1.00 bits per heavy atom. The summed E-state index contributed by atoms with van der Waals surface area (Å²) in [4.78, 5) is 39.2. The summed E-state index contributed by atoms with van der Waals surface area (Å²) in [6, 6.07) is 11.2. The van der Waals surface area contributed by atoms with Gasteiger partial charge in [-0.25, -0.2) is 0 Å². The standard InChI is InChI=1S/C19H17N3O5/c23-18-15-3-1-2-4-16(15)19(24)21(18)12-13-11-14(22(25)26)5-6-17(13)20-7-9-27-10-8-20/h1-6,11H,7-10,12H2. The van der Waals surface area contributed by atoms with E-state index in [1.54, 1.807) is 30.3 Å². The maximum atomic E-state index is 12.7. The largest absolute Gasteiger partial charge is 0.378 e. The van der Waals surface area contributed by atoms with E-state index >= 15 is 0 Å². The zero-order valence-electron chi connectivity index (χ0n) is 14.5. The number of anilines is 1. The summed E-state index contributed by atoms with van der Waals surface area (Å²) < 4.78 is 5.36. The van der Waals surface area contributed by atoms with Crippen LogP contribution in [-0.2, 0) is 11.3 Å². The molecule has 27 heavy (non-hydrogen) atoms. The van der Waals surface area contributed by atoms with E-state index in [2.05, 4.69) is 4.90 Å². The third kappa shape index (κ3) is 3.04. The highest BCUT2D eigenvalue weighted by atomic mass is 16.6. The molecule has 1 saturated heterocycles. The van der Waals surface area contributed by atoms with Gasteiger partial charge < -0.3 is 9.64 Å². The second kappa shape index (κ2) is 6.81. The Balaban J connectivity index is 1.70. The van der Waals surface area contributed by atoms with Gasteiger partial charge in [-0.05, 0) is 18.2 Å². The van der Waals surface area contributed by atoms with Crippen LogP contribution in [0, 0.1) is 10.1 Å². The molecule has 2 aromatic rings. The van der Waals surface area contributed by atoms with Gasteiger partial charge in [0.1, 0.15) is 0 Å². The van der Waals surface area contributed by atoms with E-state index in [0.717, 1.165) is 10.6 Å². The van der Waals surface area contributed by atoms with Crippen molar-refractivity contribution in [1.29, 1.82) is 0 Å². The van der Waals surface area contributed by atoms with Crippen molar-refractivity contribution in [2.45, 2.75) is 6.54 Å². The fourth-order valence-corrected chi connectivity index (χ4v) is 3.48. The Morgan fingerprint density at radius 3 is 2.22 bits per heavy atom. The minimum Gasteiger partial charge on any atom is -0.378 e. The van der Waals surface area contributed by atoms with E-state index in [9.17, 15) is 19.7 Å². The molecule has 0 saturated carbocycles. The second-order valence-corrected chi connectivity index (χ2v) is 6.41. The average molecular weight is 367 g/mol. The number of nitro benzene ring substituents is 1. The van der Waals surface area contributed by atoms with Crippen molar-refractivity contribution in [3.8, 4) is 0 Å². The fourth-order valence-electron chi connectivity index (χ4n) is 3.48. The second-order valence-electron chi connectivity index (χ2n) is 6.41. The van der Waals surface area contributed by atoms with Crippen LogP contribution in [0.25, 0.3) is 0 Å². The van der Waals surface area contributed by atoms with Crippen LogP contribution >= 0.6 is 0 Å². The summed E-state index contributed by atoms with van der Waals surface area (Å²) in [6.07, 6.45) is 0. The van der Waals surface area contributed by atoms with Crippen molar-refractivity contribution in [2.24, 2.45) is 0 Å². The van der Waals surface area contributed by atoms with E-state index in [1.165, 1.54) is 12.1 Å². The Bertz CT molecular complexity index is 902. The summed E-state index contributed by atoms with van der Waals surface area (Å²) >= 11 is 0. The Kier molecular flexibility index (Phi) is 4.33. The molecule has 0 radical (unpaired) electrons. The number of ether oxygens (including phenoxy) is 1. The molecule has 2 amide bonds. The molecule has 8 nitrogen and oxygen atoms in total. The normalized spacial score (nSPS) is 16.6. The van der Waals surface area contributed by atoms with Gasteiger partial charge in [-0.3, -0.25) is 24.6 Å². The van der Waals surface area contributed by atoms with E-state index < -0.39 is 4.92 Å². The van der Waals surface area contributed by atoms with Crippen LogP contribution in [-0.4, -0.2) is 47.9 Å². The predicted molar refractivity (Wildman–Crippen MR) is 96.8 cm³/mol. The minimum absolute atomic E-state index is 0.0132. The smallest absolute Gasteiger partial charge is 0.269 e. The van der Waals surface area contributed by atoms with Crippen LogP contribution in [0.4, 0.5) is 11.4 Å². The summed E-state index contributed by atoms with van der Waals surface area (Å²) in [6.45, 7) is 2.40. The number of carbonyl (C=O) groups excluding carboxylic acids is 2. The molecule has 0 aromatic heterocycles. The lowest BCUT2D eigenvalue weighted by molar-refractivity contribution is -0.384. The minimum atomic E-state index is -0.477. The van der Waals surface area contributed by atoms with E-state index in [-0.39, 0.29) is 24.0 Å². The molecule has 2 aliphatic rings. The maximum absolute atomic E-state index is 12.7. The first-order valence-corrected chi connectivity index (χ1v) is 8.61. The Morgan fingerprint density at radius 2 is 1.63 bits per heavy atom. The molecule has 2 aromatic carbocycles. The first kappa shape index (κ1) is 17.2. The number of amides is 2. The zero-order chi connectivity index (χ0) is 19.0. The SMILES string of the molecule is O=C1c2ccccc2C(=O)N1Cc1cc([N+](=O)[O-])ccc1N1CCOCC1. The van der Waals surface area contributed by atoms with Gasteiger partial charge in [0.2, 0.25) is 0 Å². The van der Waals surface area contributed by atoms with E-state index in [0.29, 0.717) is 43.0 Å². The van der Waals surface area contributed by atoms with Crippen LogP contribution in [0.2, 0.25) is 0 Å². The number of carbonyl (C=O) groups is 2. The molecule has 2 aliphatic heterocycles. The first-order chi connectivity index (χ1) is 13.1. The third-order valence-corrected chi connectivity index (χ3v) is 4.83. The number of morpholine rings is 1. The summed E-state index contributed by atoms with van der Waals surface area (Å²) in [5, 5.41) is 11.2. The summed E-state index contributed by atoms with van der Waals surface area (Å²) in [7, 11) is 0. The van der Waals surface area contributed by atoms with Crippen molar-refractivity contribution < 1.29 is 19.2 Å². The van der Waals surface area contributed by atoms with Crippen LogP contribution < -0.4 is 4.90 Å². The van der Waals surface area contributed by atoms with Gasteiger partial charge in [-0.1, -0.05) is 12.1 Å². The maximum Gasteiger partial charge on any atom is 0.269 e. The molecule has 0 unspecified atom stereocenters. The highest BCUT2D eigenvalue weighted by Gasteiger charge is 2.36. The van der Waals surface area contributed by atoms with Gasteiger partial charge in [0.15, 0.2) is 0 Å². The van der Waals surface area contributed by atoms with Gasteiger partial charge >= 0.3 is 0 Å². The van der Waals surface area contributed by atoms with Crippen molar-refractivity contribution in [3.05, 3.63) is 69.3 Å². The quantitative estimate of drug-likeness (QED) is 0.467. The Labute approximate surface area is 155 Å². The average Bonchev–Trinajstić information content (AvgIpc) is 2.94. The number of rotatable bonds is 4. The lowest BCUT2D eigenvalue weighted by atomic mass is 10.1. The molecule has 0 aliphatic carbocycles. The van der Waals surface area contributed by atoms with Gasteiger partial charge in [-0.15, -0.1) is 0 Å². The molecule has 138 valence electrons. The van der Waals surface area contributed by atoms with Crippen molar-refractivity contribution in [3.63, 3.8) is 0 Å². The molecule has 2 heterocycles. The summed E-state index contributed by atoms with van der Waals surface area (Å²) in [5.74, 6) is -0.759. The van der Waals surface area contributed by atoms with Crippen molar-refractivity contribution in [2.75, 3.05) is 31.2 Å². The molecular weight excluding hydrogens is 350 g/mol. The Hall–Kier alpha value is -3.26. The van der Waals surface area contributed by atoms with Crippen molar-refractivity contribution >= 4 is 23.2 Å². The van der Waals surface area contributed by atoms with Gasteiger partial charge in [0.25, 0.3) is 17.5 Å². The molecule has 1 fully saturated rings. The molecule has 0 atom stereocenters. The number of non-ortho nitro benzene ring substituents is 1. The highest BCUT2D eigenvalue weighted by Crippen LogP contribution is 2.31. The van der Waals surface area contributed by atoms with Crippen LogP contribution in [0.3, 0.4) is 0 Å². The lowest BCUT2D eigenvalue weighted by Crippen LogP contribution is -2.37. The molecule has 8 heteroatoms. The molecule has 0 bridgehead atoms. The highest BCUT2D eigenvalue weighted by molar-refractivity contribution is 6.21. The van der Waals surface area contributed by atoms with Crippen LogP contribution in [0.5, 0.6) is 0 Å².